The molecule has 1 aliphatic rings. The van der Waals surface area contributed by atoms with Crippen molar-refractivity contribution >= 4 is 11.7 Å². The van der Waals surface area contributed by atoms with Crippen LogP contribution in [0.2, 0.25) is 0 Å². The van der Waals surface area contributed by atoms with E-state index in [1.807, 2.05) is 13.0 Å². The van der Waals surface area contributed by atoms with Crippen molar-refractivity contribution in [2.45, 2.75) is 33.3 Å². The molecule has 0 aliphatic heterocycles. The predicted molar refractivity (Wildman–Crippen MR) is 71.7 cm³/mol. The average Bonchev–Trinajstić information content (AvgIpc) is 2.62. The van der Waals surface area contributed by atoms with E-state index in [1.54, 1.807) is 20.1 Å². The van der Waals surface area contributed by atoms with Gasteiger partial charge < -0.3 is 14.6 Å². The summed E-state index contributed by atoms with van der Waals surface area (Å²) in [5.41, 5.74) is 3.23. The van der Waals surface area contributed by atoms with Crippen molar-refractivity contribution in [3.05, 3.63) is 34.4 Å². The number of carbonyl (C=O) groups is 1. The lowest BCUT2D eigenvalue weighted by atomic mass is 9.99. The summed E-state index contributed by atoms with van der Waals surface area (Å²) in [6.07, 6.45) is 0.0226. The molecule has 19 heavy (non-hydrogen) atoms. The summed E-state index contributed by atoms with van der Waals surface area (Å²) in [5.74, 6) is 0.799. The van der Waals surface area contributed by atoms with Crippen molar-refractivity contribution in [2.75, 3.05) is 7.11 Å². The Morgan fingerprint density at radius 2 is 2.11 bits per heavy atom. The first-order valence-corrected chi connectivity index (χ1v) is 6.28. The summed E-state index contributed by atoms with van der Waals surface area (Å²) in [6.45, 7) is 5.15. The standard InChI is InChI=1S/C15H18O4/c1-5-10-6-11(18-4)7-12-13(10)15(19-9(3)16)8(2)14(12)17/h6-7,14,17H,5H2,1-4H3. The third kappa shape index (κ3) is 2.24. The number of esters is 1. The Labute approximate surface area is 112 Å². The molecule has 4 nitrogen and oxygen atoms in total. The first kappa shape index (κ1) is 13.6. The van der Waals surface area contributed by atoms with E-state index in [4.69, 9.17) is 9.47 Å². The lowest BCUT2D eigenvalue weighted by Gasteiger charge is -2.13. The average molecular weight is 262 g/mol. The molecular weight excluding hydrogens is 244 g/mol. The highest BCUT2D eigenvalue weighted by Gasteiger charge is 2.32. The van der Waals surface area contributed by atoms with Crippen molar-refractivity contribution in [3.8, 4) is 5.75 Å². The lowest BCUT2D eigenvalue weighted by molar-refractivity contribution is -0.134. The Bertz CT molecular complexity index is 558. The molecule has 0 amide bonds. The van der Waals surface area contributed by atoms with Gasteiger partial charge in [-0.15, -0.1) is 0 Å². The zero-order valence-electron chi connectivity index (χ0n) is 11.6. The van der Waals surface area contributed by atoms with E-state index in [0.717, 1.165) is 23.1 Å². The number of fused-ring (bicyclic) bond motifs is 1. The van der Waals surface area contributed by atoms with Gasteiger partial charge in [-0.25, -0.2) is 0 Å². The van der Waals surface area contributed by atoms with Crippen molar-refractivity contribution in [3.63, 3.8) is 0 Å². The quantitative estimate of drug-likeness (QED) is 0.851. The van der Waals surface area contributed by atoms with Crippen LogP contribution >= 0.6 is 0 Å². The van der Waals surface area contributed by atoms with Gasteiger partial charge in [0.05, 0.1) is 7.11 Å². The smallest absolute Gasteiger partial charge is 0.308 e. The van der Waals surface area contributed by atoms with E-state index >= 15 is 0 Å². The second kappa shape index (κ2) is 5.05. The third-order valence-corrected chi connectivity index (χ3v) is 3.38. The number of benzene rings is 1. The highest BCUT2D eigenvalue weighted by atomic mass is 16.5. The van der Waals surface area contributed by atoms with Crippen LogP contribution < -0.4 is 4.74 Å². The topological polar surface area (TPSA) is 55.8 Å². The van der Waals surface area contributed by atoms with Crippen LogP contribution in [0.4, 0.5) is 0 Å². The maximum absolute atomic E-state index is 11.2. The predicted octanol–water partition coefficient (Wildman–Crippen LogP) is 2.60. The number of hydrogen-bond donors (Lipinski definition) is 1. The first-order valence-electron chi connectivity index (χ1n) is 6.28. The normalized spacial score (nSPS) is 17.4. The largest absolute Gasteiger partial charge is 0.497 e. The van der Waals surface area contributed by atoms with E-state index in [-0.39, 0.29) is 5.97 Å². The summed E-state index contributed by atoms with van der Waals surface area (Å²) >= 11 is 0. The highest BCUT2D eigenvalue weighted by molar-refractivity contribution is 5.83. The molecule has 1 aromatic carbocycles. The van der Waals surface area contributed by atoms with Gasteiger partial charge in [-0.3, -0.25) is 4.79 Å². The maximum Gasteiger partial charge on any atom is 0.308 e. The molecule has 0 aromatic heterocycles. The highest BCUT2D eigenvalue weighted by Crippen LogP contribution is 2.44. The van der Waals surface area contributed by atoms with Gasteiger partial charge in [-0.05, 0) is 36.6 Å². The summed E-state index contributed by atoms with van der Waals surface area (Å²) in [5, 5.41) is 10.3. The number of aliphatic hydroxyl groups excluding tert-OH is 1. The molecule has 0 saturated heterocycles. The number of aliphatic hydroxyl groups is 1. The molecule has 1 atom stereocenters. The number of ether oxygens (including phenoxy) is 2. The number of aryl methyl sites for hydroxylation is 1. The van der Waals surface area contributed by atoms with E-state index in [2.05, 4.69) is 0 Å². The molecule has 0 spiro atoms. The molecule has 0 fully saturated rings. The Morgan fingerprint density at radius 3 is 2.63 bits per heavy atom. The van der Waals surface area contributed by atoms with Gasteiger partial charge >= 0.3 is 5.97 Å². The zero-order valence-corrected chi connectivity index (χ0v) is 11.6. The Kier molecular flexibility index (Phi) is 3.62. The summed E-state index contributed by atoms with van der Waals surface area (Å²) in [6, 6.07) is 3.70. The van der Waals surface area contributed by atoms with Gasteiger partial charge in [-0.1, -0.05) is 6.92 Å². The van der Waals surface area contributed by atoms with Gasteiger partial charge in [-0.2, -0.15) is 0 Å². The monoisotopic (exact) mass is 262 g/mol. The van der Waals surface area contributed by atoms with E-state index in [1.165, 1.54) is 6.92 Å². The lowest BCUT2D eigenvalue weighted by Crippen LogP contribution is -2.02. The van der Waals surface area contributed by atoms with Crippen LogP contribution in [-0.2, 0) is 16.0 Å². The van der Waals surface area contributed by atoms with Crippen LogP contribution in [0, 0.1) is 0 Å². The molecule has 2 rings (SSSR count). The minimum absolute atomic E-state index is 0.382. The van der Waals surface area contributed by atoms with Gasteiger partial charge in [0.25, 0.3) is 0 Å². The summed E-state index contributed by atoms with van der Waals surface area (Å²) in [4.78, 5) is 11.2. The molecule has 1 N–H and O–H groups in total. The van der Waals surface area contributed by atoms with Crippen LogP contribution in [0.3, 0.4) is 0 Å². The van der Waals surface area contributed by atoms with Crippen molar-refractivity contribution < 1.29 is 19.4 Å². The molecule has 1 unspecified atom stereocenters. The molecule has 0 bridgehead atoms. The van der Waals surface area contributed by atoms with Gasteiger partial charge in [0, 0.05) is 18.1 Å². The Morgan fingerprint density at radius 1 is 1.42 bits per heavy atom. The number of methoxy groups -OCH3 is 1. The number of hydrogen-bond acceptors (Lipinski definition) is 4. The maximum atomic E-state index is 11.2. The Hall–Kier alpha value is -1.81. The Balaban J connectivity index is 2.62. The molecule has 0 heterocycles. The fraction of sp³-hybridized carbons (Fsp3) is 0.400. The number of rotatable bonds is 3. The fourth-order valence-electron chi connectivity index (χ4n) is 2.42. The van der Waals surface area contributed by atoms with Crippen molar-refractivity contribution in [1.29, 1.82) is 0 Å². The SMILES string of the molecule is CCc1cc(OC)cc2c1C(OC(C)=O)=C(C)C2O. The minimum atomic E-state index is -0.746. The minimum Gasteiger partial charge on any atom is -0.497 e. The molecular formula is C15H18O4. The molecule has 0 radical (unpaired) electrons. The van der Waals surface area contributed by atoms with Gasteiger partial charge in [0.15, 0.2) is 0 Å². The zero-order chi connectivity index (χ0) is 14.2. The molecule has 0 saturated carbocycles. The molecule has 1 aromatic rings. The van der Waals surface area contributed by atoms with Crippen LogP contribution in [0.25, 0.3) is 5.76 Å². The van der Waals surface area contributed by atoms with Gasteiger partial charge in [0.2, 0.25) is 0 Å². The van der Waals surface area contributed by atoms with Crippen LogP contribution in [0.1, 0.15) is 43.6 Å². The summed E-state index contributed by atoms with van der Waals surface area (Å²) < 4.78 is 10.5. The first-order chi connectivity index (χ1) is 8.99. The van der Waals surface area contributed by atoms with E-state index in [9.17, 15) is 9.90 Å². The molecule has 4 heteroatoms. The van der Waals surface area contributed by atoms with Crippen LogP contribution in [0.5, 0.6) is 5.75 Å². The van der Waals surface area contributed by atoms with Crippen molar-refractivity contribution in [1.82, 2.24) is 0 Å². The van der Waals surface area contributed by atoms with Gasteiger partial charge in [0.1, 0.15) is 17.6 Å². The van der Waals surface area contributed by atoms with E-state index < -0.39 is 6.10 Å². The van der Waals surface area contributed by atoms with Crippen LogP contribution in [-0.4, -0.2) is 18.2 Å². The number of carbonyl (C=O) groups excluding carboxylic acids is 1. The van der Waals surface area contributed by atoms with E-state index in [0.29, 0.717) is 17.1 Å². The second-order valence-electron chi connectivity index (χ2n) is 4.61. The molecule has 1 aliphatic carbocycles. The summed E-state index contributed by atoms with van der Waals surface area (Å²) in [7, 11) is 1.59. The fourth-order valence-corrected chi connectivity index (χ4v) is 2.42. The van der Waals surface area contributed by atoms with Crippen LogP contribution in [0.15, 0.2) is 17.7 Å². The molecule has 102 valence electrons. The third-order valence-electron chi connectivity index (χ3n) is 3.38. The second-order valence-corrected chi connectivity index (χ2v) is 4.61. The van der Waals surface area contributed by atoms with Crippen molar-refractivity contribution in [2.24, 2.45) is 0 Å².